The lowest BCUT2D eigenvalue weighted by molar-refractivity contribution is 0.0929. The number of hydrogen-bond acceptors (Lipinski definition) is 7. The van der Waals surface area contributed by atoms with E-state index in [9.17, 15) is 13.2 Å². The molecule has 1 amide bonds. The SMILES string of the molecule is CCS(=O)(=O)CCNC(=O)c1oc2ccccc2c1CSc1nc(C)cs1. The maximum Gasteiger partial charge on any atom is 0.287 e. The van der Waals surface area contributed by atoms with Gasteiger partial charge in [-0.1, -0.05) is 36.9 Å². The molecule has 0 spiro atoms. The second-order valence-corrected chi connectivity index (χ2v) is 10.5. The molecule has 0 atom stereocenters. The van der Waals surface area contributed by atoms with Crippen LogP contribution in [-0.2, 0) is 15.6 Å². The molecule has 2 aromatic heterocycles. The van der Waals surface area contributed by atoms with E-state index in [4.69, 9.17) is 4.42 Å². The lowest BCUT2D eigenvalue weighted by atomic mass is 10.1. The number of aromatic nitrogens is 1. The van der Waals surface area contributed by atoms with E-state index in [1.807, 2.05) is 36.6 Å². The van der Waals surface area contributed by atoms with Crippen LogP contribution in [0.2, 0.25) is 0 Å². The molecule has 0 aliphatic rings. The number of rotatable bonds is 8. The summed E-state index contributed by atoms with van der Waals surface area (Å²) in [6, 6.07) is 7.48. The molecule has 2 heterocycles. The van der Waals surface area contributed by atoms with Crippen LogP contribution in [0.5, 0.6) is 0 Å². The number of carbonyl (C=O) groups excluding carboxylic acids is 1. The van der Waals surface area contributed by atoms with Gasteiger partial charge in [0.2, 0.25) is 0 Å². The molecule has 0 aliphatic heterocycles. The zero-order valence-electron chi connectivity index (χ0n) is 15.0. The zero-order valence-corrected chi connectivity index (χ0v) is 17.5. The second-order valence-electron chi connectivity index (χ2n) is 5.94. The fourth-order valence-corrected chi connectivity index (χ4v) is 5.08. The molecule has 0 unspecified atom stereocenters. The number of sulfone groups is 1. The van der Waals surface area contributed by atoms with Crippen molar-refractivity contribution in [1.29, 1.82) is 0 Å². The average Bonchev–Trinajstić information content (AvgIpc) is 3.23. The summed E-state index contributed by atoms with van der Waals surface area (Å²) in [5.41, 5.74) is 2.39. The Hall–Kier alpha value is -1.84. The number of aryl methyl sites for hydroxylation is 1. The number of nitrogens with one attached hydrogen (secondary N) is 1. The topological polar surface area (TPSA) is 89.3 Å². The number of furan rings is 1. The zero-order chi connectivity index (χ0) is 19.4. The van der Waals surface area contributed by atoms with E-state index in [1.54, 1.807) is 30.0 Å². The van der Waals surface area contributed by atoms with Crippen LogP contribution in [0.1, 0.15) is 28.7 Å². The Balaban J connectivity index is 1.80. The molecule has 0 saturated carbocycles. The minimum Gasteiger partial charge on any atom is -0.451 e. The first-order valence-corrected chi connectivity index (χ1v) is 12.1. The van der Waals surface area contributed by atoms with Crippen molar-refractivity contribution < 1.29 is 17.6 Å². The van der Waals surface area contributed by atoms with E-state index in [1.165, 1.54) is 0 Å². The van der Waals surface area contributed by atoms with Crippen molar-refractivity contribution in [1.82, 2.24) is 10.3 Å². The normalized spacial score (nSPS) is 11.8. The van der Waals surface area contributed by atoms with Gasteiger partial charge in [0, 0.05) is 40.1 Å². The molecule has 6 nitrogen and oxygen atoms in total. The summed E-state index contributed by atoms with van der Waals surface area (Å²) in [6.45, 7) is 3.59. The Bertz CT molecular complexity index is 1050. The number of amides is 1. The molecule has 1 N–H and O–H groups in total. The number of fused-ring (bicyclic) bond motifs is 1. The molecule has 3 aromatic rings. The van der Waals surface area contributed by atoms with Crippen LogP contribution in [-0.4, -0.2) is 37.4 Å². The Morgan fingerprint density at radius 3 is 2.81 bits per heavy atom. The summed E-state index contributed by atoms with van der Waals surface area (Å²) in [6.07, 6.45) is 0. The van der Waals surface area contributed by atoms with Gasteiger partial charge in [-0.05, 0) is 13.0 Å². The van der Waals surface area contributed by atoms with Crippen molar-refractivity contribution >= 4 is 49.8 Å². The fraction of sp³-hybridized carbons (Fsp3) is 0.333. The fourth-order valence-electron chi connectivity index (χ4n) is 2.50. The monoisotopic (exact) mass is 424 g/mol. The largest absolute Gasteiger partial charge is 0.451 e. The van der Waals surface area contributed by atoms with E-state index in [0.29, 0.717) is 11.3 Å². The molecule has 0 radical (unpaired) electrons. The molecule has 0 saturated heterocycles. The summed E-state index contributed by atoms with van der Waals surface area (Å²) in [5, 5.41) is 5.52. The van der Waals surface area contributed by atoms with Gasteiger partial charge in [0.1, 0.15) is 9.92 Å². The number of benzene rings is 1. The molecule has 0 bridgehead atoms. The van der Waals surface area contributed by atoms with Crippen molar-refractivity contribution in [3.05, 3.63) is 46.7 Å². The molecule has 0 fully saturated rings. The third-order valence-electron chi connectivity index (χ3n) is 3.98. The first-order chi connectivity index (χ1) is 12.9. The number of nitrogens with zero attached hydrogens (tertiary/aromatic N) is 1. The minimum absolute atomic E-state index is 0.0582. The highest BCUT2D eigenvalue weighted by Crippen LogP contribution is 2.33. The second kappa shape index (κ2) is 8.45. The van der Waals surface area contributed by atoms with Crippen LogP contribution in [0.25, 0.3) is 11.0 Å². The van der Waals surface area contributed by atoms with Gasteiger partial charge in [-0.3, -0.25) is 4.79 Å². The van der Waals surface area contributed by atoms with Gasteiger partial charge >= 0.3 is 0 Å². The third-order valence-corrected chi connectivity index (χ3v) is 7.85. The number of thioether (sulfide) groups is 1. The van der Waals surface area contributed by atoms with Crippen molar-refractivity contribution in [3.8, 4) is 0 Å². The van der Waals surface area contributed by atoms with Crippen LogP contribution in [0.15, 0.2) is 38.4 Å². The molecule has 144 valence electrons. The molecule has 1 aromatic carbocycles. The number of carbonyl (C=O) groups is 1. The van der Waals surface area contributed by atoms with Gasteiger partial charge in [0.15, 0.2) is 15.6 Å². The minimum atomic E-state index is -3.13. The standard InChI is InChI=1S/C18H20N2O4S3/c1-3-27(22,23)9-8-19-17(21)16-14(11-26-18-20-12(2)10-25-18)13-6-4-5-7-15(13)24-16/h4-7,10H,3,8-9,11H2,1-2H3,(H,19,21). The Labute approximate surface area is 166 Å². The summed E-state index contributed by atoms with van der Waals surface area (Å²) in [7, 11) is -3.13. The molecule has 3 rings (SSSR count). The quantitative estimate of drug-likeness (QED) is 0.555. The predicted molar refractivity (Wildman–Crippen MR) is 109 cm³/mol. The lowest BCUT2D eigenvalue weighted by Crippen LogP contribution is -2.29. The van der Waals surface area contributed by atoms with Gasteiger partial charge in [0.25, 0.3) is 5.91 Å². The maximum atomic E-state index is 12.6. The smallest absolute Gasteiger partial charge is 0.287 e. The summed E-state index contributed by atoms with van der Waals surface area (Å²) in [5.74, 6) is 0.342. The van der Waals surface area contributed by atoms with Crippen LogP contribution >= 0.6 is 23.1 Å². The third kappa shape index (κ3) is 4.91. The van der Waals surface area contributed by atoms with Gasteiger partial charge in [-0.25, -0.2) is 13.4 Å². The average molecular weight is 425 g/mol. The van der Waals surface area contributed by atoms with E-state index in [0.717, 1.165) is 21.0 Å². The van der Waals surface area contributed by atoms with Crippen molar-refractivity contribution in [2.75, 3.05) is 18.1 Å². The molecule has 0 aliphatic carbocycles. The van der Waals surface area contributed by atoms with Crippen LogP contribution in [0, 0.1) is 6.92 Å². The van der Waals surface area contributed by atoms with E-state index in [2.05, 4.69) is 10.3 Å². The van der Waals surface area contributed by atoms with E-state index >= 15 is 0 Å². The highest BCUT2D eigenvalue weighted by molar-refractivity contribution is 8.00. The van der Waals surface area contributed by atoms with E-state index in [-0.39, 0.29) is 23.8 Å². The summed E-state index contributed by atoms with van der Waals surface area (Å²) < 4.78 is 29.9. The Morgan fingerprint density at radius 1 is 1.33 bits per heavy atom. The van der Waals surface area contributed by atoms with Gasteiger partial charge in [-0.15, -0.1) is 11.3 Å². The highest BCUT2D eigenvalue weighted by Gasteiger charge is 2.21. The van der Waals surface area contributed by atoms with Gasteiger partial charge in [-0.2, -0.15) is 0 Å². The van der Waals surface area contributed by atoms with Crippen LogP contribution in [0.3, 0.4) is 0 Å². The predicted octanol–water partition coefficient (Wildman–Crippen LogP) is 3.65. The van der Waals surface area contributed by atoms with Crippen molar-refractivity contribution in [2.24, 2.45) is 0 Å². The molecular formula is C18H20N2O4S3. The highest BCUT2D eigenvalue weighted by atomic mass is 32.2. The lowest BCUT2D eigenvalue weighted by Gasteiger charge is -2.05. The van der Waals surface area contributed by atoms with Crippen molar-refractivity contribution in [3.63, 3.8) is 0 Å². The first-order valence-electron chi connectivity index (χ1n) is 8.43. The van der Waals surface area contributed by atoms with Crippen molar-refractivity contribution in [2.45, 2.75) is 23.9 Å². The summed E-state index contributed by atoms with van der Waals surface area (Å²) in [4.78, 5) is 17.0. The number of para-hydroxylation sites is 1. The molecular weight excluding hydrogens is 404 g/mol. The van der Waals surface area contributed by atoms with Crippen LogP contribution in [0.4, 0.5) is 0 Å². The van der Waals surface area contributed by atoms with Gasteiger partial charge in [0.05, 0.1) is 5.75 Å². The van der Waals surface area contributed by atoms with Gasteiger partial charge < -0.3 is 9.73 Å². The summed E-state index contributed by atoms with van der Waals surface area (Å²) >= 11 is 3.11. The Kier molecular flexibility index (Phi) is 6.23. The maximum absolute atomic E-state index is 12.6. The van der Waals surface area contributed by atoms with Crippen LogP contribution < -0.4 is 5.32 Å². The number of hydrogen-bond donors (Lipinski definition) is 1. The number of thiazole rings is 1. The molecule has 9 heteroatoms. The first kappa shape index (κ1) is 19.9. The van der Waals surface area contributed by atoms with E-state index < -0.39 is 15.7 Å². The molecule has 27 heavy (non-hydrogen) atoms. The Morgan fingerprint density at radius 2 is 2.11 bits per heavy atom.